The first-order chi connectivity index (χ1) is 9.11. The highest BCUT2D eigenvalue weighted by molar-refractivity contribution is 5.95. The molecule has 1 amide bonds. The maximum atomic E-state index is 12.4. The highest BCUT2D eigenvalue weighted by atomic mass is 16.2. The van der Waals surface area contributed by atoms with Gasteiger partial charge in [-0.15, -0.1) is 0 Å². The van der Waals surface area contributed by atoms with Crippen LogP contribution in [0, 0.1) is 12.8 Å². The number of hydrogen-bond acceptors (Lipinski definition) is 2. The van der Waals surface area contributed by atoms with Crippen LogP contribution >= 0.6 is 0 Å². The first-order valence-corrected chi connectivity index (χ1v) is 7.21. The number of anilines is 1. The molecule has 0 spiro atoms. The average Bonchev–Trinajstić information content (AvgIpc) is 2.33. The third-order valence-electron chi connectivity index (χ3n) is 3.94. The van der Waals surface area contributed by atoms with Crippen LogP contribution in [-0.4, -0.2) is 30.9 Å². The van der Waals surface area contributed by atoms with Crippen molar-refractivity contribution in [2.75, 3.05) is 25.5 Å². The van der Waals surface area contributed by atoms with Crippen LogP contribution in [0.25, 0.3) is 0 Å². The molecule has 1 saturated carbocycles. The Morgan fingerprint density at radius 2 is 2.16 bits per heavy atom. The van der Waals surface area contributed by atoms with Gasteiger partial charge < -0.3 is 10.2 Å². The number of aryl methyl sites for hydroxylation is 1. The third-order valence-corrected chi connectivity index (χ3v) is 3.94. The van der Waals surface area contributed by atoms with E-state index in [0.29, 0.717) is 0 Å². The molecule has 1 aromatic rings. The van der Waals surface area contributed by atoms with Crippen molar-refractivity contribution in [2.24, 2.45) is 5.92 Å². The molecule has 0 saturated heterocycles. The summed E-state index contributed by atoms with van der Waals surface area (Å²) in [7, 11) is 1.91. The lowest BCUT2D eigenvalue weighted by molar-refractivity contribution is 0.0744. The van der Waals surface area contributed by atoms with E-state index in [1.807, 2.05) is 37.1 Å². The van der Waals surface area contributed by atoms with Crippen LogP contribution in [0.4, 0.5) is 5.69 Å². The first kappa shape index (κ1) is 13.9. The van der Waals surface area contributed by atoms with E-state index in [9.17, 15) is 4.79 Å². The van der Waals surface area contributed by atoms with Gasteiger partial charge >= 0.3 is 0 Å². The van der Waals surface area contributed by atoms with Crippen LogP contribution in [0.15, 0.2) is 18.2 Å². The molecule has 1 fully saturated rings. The fraction of sp³-hybridized carbons (Fsp3) is 0.562. The van der Waals surface area contributed by atoms with Crippen molar-refractivity contribution in [3.8, 4) is 0 Å². The molecule has 1 aliphatic carbocycles. The molecule has 1 aromatic carbocycles. The Labute approximate surface area is 116 Å². The molecule has 0 radical (unpaired) electrons. The van der Waals surface area contributed by atoms with Crippen molar-refractivity contribution >= 4 is 11.6 Å². The first-order valence-electron chi connectivity index (χ1n) is 7.21. The third kappa shape index (κ3) is 3.28. The largest absolute Gasteiger partial charge is 0.385 e. The van der Waals surface area contributed by atoms with E-state index < -0.39 is 0 Å². The van der Waals surface area contributed by atoms with Crippen molar-refractivity contribution in [3.63, 3.8) is 0 Å². The Balaban J connectivity index is 2.05. The van der Waals surface area contributed by atoms with Crippen LogP contribution in [0.1, 0.15) is 42.1 Å². The SMILES string of the molecule is CCNc1ccc(C(=O)N(C)CC2CCC2)c(C)c1. The van der Waals surface area contributed by atoms with Gasteiger partial charge in [-0.1, -0.05) is 6.42 Å². The van der Waals surface area contributed by atoms with Gasteiger partial charge in [0.1, 0.15) is 0 Å². The Hall–Kier alpha value is -1.51. The van der Waals surface area contributed by atoms with Crippen molar-refractivity contribution in [1.82, 2.24) is 4.90 Å². The Kier molecular flexibility index (Phi) is 4.46. The van der Waals surface area contributed by atoms with Gasteiger partial charge in [-0.05, 0) is 56.4 Å². The van der Waals surface area contributed by atoms with E-state index >= 15 is 0 Å². The number of nitrogens with zero attached hydrogens (tertiary/aromatic N) is 1. The second-order valence-corrected chi connectivity index (χ2v) is 5.54. The minimum absolute atomic E-state index is 0.146. The lowest BCUT2D eigenvalue weighted by atomic mass is 9.85. The standard InChI is InChI=1S/C16H24N2O/c1-4-17-14-8-9-15(12(2)10-14)16(19)18(3)11-13-6-5-7-13/h8-10,13,17H,4-7,11H2,1-3H3. The number of carbonyl (C=O) groups is 1. The zero-order chi connectivity index (χ0) is 13.8. The number of hydrogen-bond donors (Lipinski definition) is 1. The fourth-order valence-corrected chi connectivity index (χ4v) is 2.57. The van der Waals surface area contributed by atoms with E-state index in [1.54, 1.807) is 0 Å². The Morgan fingerprint density at radius 3 is 2.68 bits per heavy atom. The van der Waals surface area contributed by atoms with Gasteiger partial charge in [0.2, 0.25) is 0 Å². The lowest BCUT2D eigenvalue weighted by Crippen LogP contribution is -2.34. The maximum Gasteiger partial charge on any atom is 0.253 e. The second kappa shape index (κ2) is 6.09. The molecule has 1 aliphatic rings. The summed E-state index contributed by atoms with van der Waals surface area (Å²) in [6.07, 6.45) is 3.87. The number of rotatable bonds is 5. The van der Waals surface area contributed by atoms with Crippen LogP contribution in [0.5, 0.6) is 0 Å². The average molecular weight is 260 g/mol. The second-order valence-electron chi connectivity index (χ2n) is 5.54. The zero-order valence-corrected chi connectivity index (χ0v) is 12.2. The molecule has 0 bridgehead atoms. The van der Waals surface area contributed by atoms with Gasteiger partial charge in [0, 0.05) is 31.4 Å². The van der Waals surface area contributed by atoms with Gasteiger partial charge in [0.25, 0.3) is 5.91 Å². The number of benzene rings is 1. The van der Waals surface area contributed by atoms with Gasteiger partial charge in [-0.2, -0.15) is 0 Å². The summed E-state index contributed by atoms with van der Waals surface area (Å²) in [4.78, 5) is 14.3. The molecule has 2 rings (SSSR count). The molecule has 0 aliphatic heterocycles. The number of amides is 1. The molecule has 0 atom stereocenters. The summed E-state index contributed by atoms with van der Waals surface area (Å²) >= 11 is 0. The van der Waals surface area contributed by atoms with Gasteiger partial charge in [0.15, 0.2) is 0 Å². The van der Waals surface area contributed by atoms with Gasteiger partial charge in [-0.25, -0.2) is 0 Å². The van der Waals surface area contributed by atoms with Gasteiger partial charge in [0.05, 0.1) is 0 Å². The summed E-state index contributed by atoms with van der Waals surface area (Å²) in [6.45, 7) is 5.87. The molecule has 19 heavy (non-hydrogen) atoms. The molecule has 0 unspecified atom stereocenters. The Morgan fingerprint density at radius 1 is 1.42 bits per heavy atom. The summed E-state index contributed by atoms with van der Waals surface area (Å²) in [6, 6.07) is 5.97. The summed E-state index contributed by atoms with van der Waals surface area (Å²) < 4.78 is 0. The summed E-state index contributed by atoms with van der Waals surface area (Å²) in [5.74, 6) is 0.864. The smallest absolute Gasteiger partial charge is 0.253 e. The van der Waals surface area contributed by atoms with Crippen LogP contribution < -0.4 is 5.32 Å². The number of carbonyl (C=O) groups excluding carboxylic acids is 1. The molecular formula is C16H24N2O. The topological polar surface area (TPSA) is 32.3 Å². The molecule has 3 nitrogen and oxygen atoms in total. The van der Waals surface area contributed by atoms with Crippen molar-refractivity contribution in [2.45, 2.75) is 33.1 Å². The van der Waals surface area contributed by atoms with Gasteiger partial charge in [-0.3, -0.25) is 4.79 Å². The molecule has 3 heteroatoms. The fourth-order valence-electron chi connectivity index (χ4n) is 2.57. The van der Waals surface area contributed by atoms with E-state index in [-0.39, 0.29) is 5.91 Å². The zero-order valence-electron chi connectivity index (χ0n) is 12.2. The van der Waals surface area contributed by atoms with E-state index in [1.165, 1.54) is 19.3 Å². The number of nitrogens with one attached hydrogen (secondary N) is 1. The quantitative estimate of drug-likeness (QED) is 0.881. The highest BCUT2D eigenvalue weighted by Gasteiger charge is 2.22. The van der Waals surface area contributed by atoms with Crippen LogP contribution in [0.2, 0.25) is 0 Å². The lowest BCUT2D eigenvalue weighted by Gasteiger charge is -2.30. The van der Waals surface area contributed by atoms with Crippen molar-refractivity contribution in [1.29, 1.82) is 0 Å². The monoisotopic (exact) mass is 260 g/mol. The minimum Gasteiger partial charge on any atom is -0.385 e. The van der Waals surface area contributed by atoms with E-state index in [0.717, 1.165) is 35.8 Å². The van der Waals surface area contributed by atoms with Crippen molar-refractivity contribution < 1.29 is 4.79 Å². The maximum absolute atomic E-state index is 12.4. The van der Waals surface area contributed by atoms with E-state index in [4.69, 9.17) is 0 Å². The van der Waals surface area contributed by atoms with Crippen LogP contribution in [-0.2, 0) is 0 Å². The minimum atomic E-state index is 0.146. The predicted molar refractivity (Wildman–Crippen MR) is 79.6 cm³/mol. The predicted octanol–water partition coefficient (Wildman–Crippen LogP) is 3.30. The summed E-state index contributed by atoms with van der Waals surface area (Å²) in [5, 5.41) is 3.27. The normalized spacial score (nSPS) is 14.9. The Bertz CT molecular complexity index is 452. The molecule has 1 N–H and O–H groups in total. The van der Waals surface area contributed by atoms with E-state index in [2.05, 4.69) is 12.2 Å². The summed E-state index contributed by atoms with van der Waals surface area (Å²) in [5.41, 5.74) is 2.95. The van der Waals surface area contributed by atoms with Crippen molar-refractivity contribution in [3.05, 3.63) is 29.3 Å². The highest BCUT2D eigenvalue weighted by Crippen LogP contribution is 2.27. The molecule has 0 aromatic heterocycles. The molecular weight excluding hydrogens is 236 g/mol. The van der Waals surface area contributed by atoms with Crippen LogP contribution in [0.3, 0.4) is 0 Å². The molecule has 0 heterocycles. The molecule has 104 valence electrons.